The number of nitrogens with zero attached hydrogens (tertiary/aromatic N) is 1. The van der Waals surface area contributed by atoms with Gasteiger partial charge in [-0.2, -0.15) is 5.01 Å². The smallest absolute Gasteiger partial charge is 0.344 e. The number of nitrogens with one attached hydrogen (secondary N) is 2. The molecule has 2 aliphatic heterocycles. The fourth-order valence-electron chi connectivity index (χ4n) is 3.61. The van der Waals surface area contributed by atoms with Gasteiger partial charge in [0.15, 0.2) is 12.4 Å². The van der Waals surface area contributed by atoms with E-state index in [4.69, 9.17) is 4.74 Å². The molecule has 176 valence electrons. The van der Waals surface area contributed by atoms with Gasteiger partial charge in [0.1, 0.15) is 5.54 Å². The maximum atomic E-state index is 13.0. The largest absolute Gasteiger partial charge is 0.452 e. The van der Waals surface area contributed by atoms with E-state index in [9.17, 15) is 32.4 Å². The summed E-state index contributed by atoms with van der Waals surface area (Å²) in [5, 5.41) is 2.96. The normalized spacial score (nSPS) is 20.3. The van der Waals surface area contributed by atoms with Crippen molar-refractivity contribution in [3.8, 4) is 0 Å². The Labute approximate surface area is 194 Å². The first-order valence-corrected chi connectivity index (χ1v) is 11.6. The van der Waals surface area contributed by atoms with Crippen molar-refractivity contribution in [1.29, 1.82) is 0 Å². The molecule has 0 radical (unpaired) electrons. The molecule has 11 nitrogen and oxygen atoms in total. The van der Waals surface area contributed by atoms with Gasteiger partial charge in [-0.3, -0.25) is 19.8 Å². The molecule has 0 saturated carbocycles. The summed E-state index contributed by atoms with van der Waals surface area (Å²) in [6, 6.07) is 8.37. The molecule has 2 aromatic rings. The highest BCUT2D eigenvalue weighted by Crippen LogP contribution is 2.34. The number of carbonyl (C=O) groups excluding carboxylic acids is 5. The van der Waals surface area contributed by atoms with Crippen molar-refractivity contribution in [2.45, 2.75) is 35.6 Å². The van der Waals surface area contributed by atoms with Gasteiger partial charge in [0.05, 0.1) is 15.4 Å². The van der Waals surface area contributed by atoms with E-state index in [0.29, 0.717) is 11.4 Å². The maximum Gasteiger partial charge on any atom is 0.344 e. The van der Waals surface area contributed by atoms with Crippen LogP contribution in [0.5, 0.6) is 0 Å². The van der Waals surface area contributed by atoms with Crippen molar-refractivity contribution in [2.24, 2.45) is 0 Å². The van der Waals surface area contributed by atoms with Crippen molar-refractivity contribution in [3.63, 3.8) is 0 Å². The van der Waals surface area contributed by atoms with Gasteiger partial charge in [0, 0.05) is 11.1 Å². The molecule has 0 bridgehead atoms. The SMILES string of the molecule is CCC1(C)NC(=O)N(NC(=O)COC(=O)c2ccc3c(c2)S(=O)(=O)c2ccccc2C3=O)C1=O. The molecule has 2 aromatic carbocycles. The minimum atomic E-state index is -4.06. The molecule has 0 aromatic heterocycles. The van der Waals surface area contributed by atoms with Gasteiger partial charge in [0.25, 0.3) is 11.8 Å². The Morgan fingerprint density at radius 2 is 1.74 bits per heavy atom. The maximum absolute atomic E-state index is 13.0. The van der Waals surface area contributed by atoms with Gasteiger partial charge in [-0.1, -0.05) is 19.1 Å². The Hall–Kier alpha value is -4.06. The van der Waals surface area contributed by atoms with Crippen LogP contribution in [0.3, 0.4) is 0 Å². The molecular weight excluding hydrogens is 466 g/mol. The minimum absolute atomic E-state index is 0.0432. The van der Waals surface area contributed by atoms with Crippen LogP contribution in [0.25, 0.3) is 0 Å². The second kappa shape index (κ2) is 8.06. The molecular formula is C22H19N3O8S. The van der Waals surface area contributed by atoms with Crippen molar-refractivity contribution in [3.05, 3.63) is 59.2 Å². The molecule has 2 N–H and O–H groups in total. The van der Waals surface area contributed by atoms with Crippen LogP contribution in [0.1, 0.15) is 46.5 Å². The van der Waals surface area contributed by atoms with Crippen molar-refractivity contribution in [2.75, 3.05) is 6.61 Å². The molecule has 34 heavy (non-hydrogen) atoms. The molecule has 2 aliphatic rings. The molecule has 0 spiro atoms. The second-order valence-corrected chi connectivity index (χ2v) is 9.79. The summed E-state index contributed by atoms with van der Waals surface area (Å²) in [4.78, 5) is 61.0. The number of hydrogen-bond donors (Lipinski definition) is 2. The number of urea groups is 1. The molecule has 4 rings (SSSR count). The Kier molecular flexibility index (Phi) is 5.48. The molecule has 4 amide bonds. The van der Waals surface area contributed by atoms with Crippen LogP contribution in [0, 0.1) is 0 Å². The van der Waals surface area contributed by atoms with E-state index in [-0.39, 0.29) is 26.5 Å². The Morgan fingerprint density at radius 1 is 1.06 bits per heavy atom. The molecule has 12 heteroatoms. The number of benzene rings is 2. The van der Waals surface area contributed by atoms with Gasteiger partial charge in [0.2, 0.25) is 9.84 Å². The summed E-state index contributed by atoms with van der Waals surface area (Å²) in [5.74, 6) is -3.14. The zero-order valence-corrected chi connectivity index (χ0v) is 18.9. The number of ketones is 1. The summed E-state index contributed by atoms with van der Waals surface area (Å²) in [7, 11) is -4.06. The third kappa shape index (κ3) is 3.61. The molecule has 1 saturated heterocycles. The molecule has 2 heterocycles. The molecule has 1 unspecified atom stereocenters. The van der Waals surface area contributed by atoms with E-state index in [1.165, 1.54) is 37.3 Å². The van der Waals surface area contributed by atoms with E-state index in [2.05, 4.69) is 10.7 Å². The highest BCUT2D eigenvalue weighted by molar-refractivity contribution is 7.91. The van der Waals surface area contributed by atoms with Gasteiger partial charge in [-0.15, -0.1) is 0 Å². The fourth-order valence-corrected chi connectivity index (χ4v) is 5.29. The number of rotatable bonds is 5. The fraction of sp³-hybridized carbons (Fsp3) is 0.227. The highest BCUT2D eigenvalue weighted by Gasteiger charge is 2.47. The molecule has 0 aliphatic carbocycles. The first-order chi connectivity index (χ1) is 16.0. The Morgan fingerprint density at radius 3 is 2.41 bits per heavy atom. The average molecular weight is 485 g/mol. The third-order valence-electron chi connectivity index (χ3n) is 5.71. The summed E-state index contributed by atoms with van der Waals surface area (Å²) in [5.41, 5.74) is 0.675. The van der Waals surface area contributed by atoms with E-state index >= 15 is 0 Å². The minimum Gasteiger partial charge on any atom is -0.452 e. The predicted molar refractivity (Wildman–Crippen MR) is 114 cm³/mol. The van der Waals surface area contributed by atoms with Crippen LogP contribution in [-0.2, 0) is 24.2 Å². The van der Waals surface area contributed by atoms with Crippen LogP contribution < -0.4 is 10.7 Å². The van der Waals surface area contributed by atoms with Crippen LogP contribution in [-0.4, -0.2) is 55.2 Å². The number of fused-ring (bicyclic) bond motifs is 2. The summed E-state index contributed by atoms with van der Waals surface area (Å²) >= 11 is 0. The van der Waals surface area contributed by atoms with Crippen molar-refractivity contribution in [1.82, 2.24) is 15.8 Å². The zero-order valence-electron chi connectivity index (χ0n) is 18.1. The topological polar surface area (TPSA) is 156 Å². The third-order valence-corrected chi connectivity index (χ3v) is 7.56. The number of hydrazine groups is 1. The standard InChI is InChI=1S/C22H19N3O8S/c1-3-22(2)20(29)25(21(30)23-22)24-17(26)11-33-19(28)12-8-9-14-16(10-12)34(31,32)15-7-5-4-6-13(15)18(14)27/h4-10H,3,11H2,1-2H3,(H,23,30)(H,24,26). The summed E-state index contributed by atoms with van der Waals surface area (Å²) in [6.07, 6.45) is 0.299. The van der Waals surface area contributed by atoms with E-state index < -0.39 is 51.6 Å². The van der Waals surface area contributed by atoms with Gasteiger partial charge < -0.3 is 10.1 Å². The Bertz CT molecular complexity index is 1380. The summed E-state index contributed by atoms with van der Waals surface area (Å²) in [6.45, 7) is 2.35. The lowest BCUT2D eigenvalue weighted by molar-refractivity contribution is -0.139. The molecule has 1 fully saturated rings. The van der Waals surface area contributed by atoms with E-state index in [1.54, 1.807) is 13.0 Å². The van der Waals surface area contributed by atoms with Crippen molar-refractivity contribution >= 4 is 39.4 Å². The number of ether oxygens (including phenoxy) is 1. The van der Waals surface area contributed by atoms with Crippen LogP contribution in [0.2, 0.25) is 0 Å². The highest BCUT2D eigenvalue weighted by atomic mass is 32.2. The van der Waals surface area contributed by atoms with Crippen LogP contribution in [0.15, 0.2) is 52.3 Å². The predicted octanol–water partition coefficient (Wildman–Crippen LogP) is 0.972. The van der Waals surface area contributed by atoms with Crippen LogP contribution >= 0.6 is 0 Å². The van der Waals surface area contributed by atoms with E-state index in [0.717, 1.165) is 6.07 Å². The molecule has 1 atom stereocenters. The summed E-state index contributed by atoms with van der Waals surface area (Å²) < 4.78 is 30.8. The van der Waals surface area contributed by atoms with E-state index in [1.807, 2.05) is 0 Å². The number of esters is 1. The second-order valence-electron chi connectivity index (χ2n) is 7.91. The number of carbonyl (C=O) groups is 5. The average Bonchev–Trinajstić information content (AvgIpc) is 3.04. The first-order valence-electron chi connectivity index (χ1n) is 10.2. The lowest BCUT2D eigenvalue weighted by atomic mass is 10.00. The Balaban J connectivity index is 1.48. The number of amides is 4. The number of imide groups is 1. The van der Waals surface area contributed by atoms with Gasteiger partial charge in [-0.25, -0.2) is 18.0 Å². The quantitative estimate of drug-likeness (QED) is 0.400. The van der Waals surface area contributed by atoms with Gasteiger partial charge in [-0.05, 0) is 43.7 Å². The lowest BCUT2D eigenvalue weighted by Gasteiger charge is -2.19. The van der Waals surface area contributed by atoms with Crippen LogP contribution in [0.4, 0.5) is 4.79 Å². The number of sulfone groups is 1. The van der Waals surface area contributed by atoms with Gasteiger partial charge >= 0.3 is 12.0 Å². The lowest BCUT2D eigenvalue weighted by Crippen LogP contribution is -2.49. The van der Waals surface area contributed by atoms with Crippen molar-refractivity contribution < 1.29 is 37.1 Å². The first kappa shape index (κ1) is 23.1. The monoisotopic (exact) mass is 485 g/mol. The zero-order chi connectivity index (χ0) is 24.8. The number of hydrogen-bond acceptors (Lipinski definition) is 8.